The Morgan fingerprint density at radius 2 is 2.04 bits per heavy atom. The predicted octanol–water partition coefficient (Wildman–Crippen LogP) is 2.12. The first kappa shape index (κ1) is 17.6. The molecule has 0 bridgehead atoms. The summed E-state index contributed by atoms with van der Waals surface area (Å²) in [5.41, 5.74) is 1.14. The summed E-state index contributed by atoms with van der Waals surface area (Å²) in [5, 5.41) is 7.11. The smallest absolute Gasteiger partial charge is 0.352 e. The summed E-state index contributed by atoms with van der Waals surface area (Å²) in [5.74, 6) is -0.385. The topological polar surface area (TPSA) is 90.5 Å². The standard InChI is InChI=1S/C17H18FN5O3/c1-9-5-6-12(8-13(9)18)19-14-7-10(2)22-16(20-14)21-23(17(22)25)11(3)15(24)26-4/h5-8,11H,1-4H3,(H,19,20,21)/t11-/m1/s1. The van der Waals surface area contributed by atoms with Gasteiger partial charge in [0.1, 0.15) is 11.6 Å². The number of methoxy groups -OCH3 is 1. The second-order valence-corrected chi connectivity index (χ2v) is 5.93. The maximum Gasteiger partial charge on any atom is 0.352 e. The SMILES string of the molecule is COC(=O)[C@@H](C)n1nc2nc(Nc3ccc(C)c(F)c3)cc(C)n2c1=O. The van der Waals surface area contributed by atoms with Gasteiger partial charge in [-0.05, 0) is 38.5 Å². The molecule has 1 aromatic carbocycles. The highest BCUT2D eigenvalue weighted by atomic mass is 19.1. The third-order valence-electron chi connectivity index (χ3n) is 4.06. The molecule has 9 heteroatoms. The average Bonchev–Trinajstić information content (AvgIpc) is 2.93. The molecule has 0 aliphatic rings. The second-order valence-electron chi connectivity index (χ2n) is 5.93. The largest absolute Gasteiger partial charge is 0.467 e. The van der Waals surface area contributed by atoms with E-state index in [-0.39, 0.29) is 11.6 Å². The van der Waals surface area contributed by atoms with Crippen molar-refractivity contribution in [3.63, 3.8) is 0 Å². The van der Waals surface area contributed by atoms with Gasteiger partial charge < -0.3 is 10.1 Å². The van der Waals surface area contributed by atoms with Crippen molar-refractivity contribution in [2.45, 2.75) is 26.8 Å². The number of aryl methyl sites for hydroxylation is 2. The van der Waals surface area contributed by atoms with Crippen molar-refractivity contribution in [2.75, 3.05) is 12.4 Å². The molecule has 0 unspecified atom stereocenters. The van der Waals surface area contributed by atoms with Crippen molar-refractivity contribution in [3.8, 4) is 0 Å². The van der Waals surface area contributed by atoms with Crippen LogP contribution in [0.1, 0.15) is 24.2 Å². The van der Waals surface area contributed by atoms with Gasteiger partial charge in [0.05, 0.1) is 7.11 Å². The van der Waals surface area contributed by atoms with E-state index in [9.17, 15) is 14.0 Å². The lowest BCUT2D eigenvalue weighted by atomic mass is 10.2. The van der Waals surface area contributed by atoms with E-state index in [1.807, 2.05) is 0 Å². The first-order chi connectivity index (χ1) is 12.3. The number of hydrogen-bond donors (Lipinski definition) is 1. The summed E-state index contributed by atoms with van der Waals surface area (Å²) in [6.07, 6.45) is 0. The number of benzene rings is 1. The van der Waals surface area contributed by atoms with E-state index in [2.05, 4.69) is 20.1 Å². The van der Waals surface area contributed by atoms with Gasteiger partial charge in [0.2, 0.25) is 0 Å². The van der Waals surface area contributed by atoms with Crippen LogP contribution in [0.2, 0.25) is 0 Å². The van der Waals surface area contributed by atoms with Crippen LogP contribution in [0.3, 0.4) is 0 Å². The molecule has 0 saturated carbocycles. The molecule has 0 radical (unpaired) electrons. The number of halogens is 1. The van der Waals surface area contributed by atoms with E-state index in [1.165, 1.54) is 24.5 Å². The zero-order chi connectivity index (χ0) is 19.0. The Morgan fingerprint density at radius 3 is 2.69 bits per heavy atom. The lowest BCUT2D eigenvalue weighted by molar-refractivity contribution is -0.144. The molecule has 2 heterocycles. The summed E-state index contributed by atoms with van der Waals surface area (Å²) in [6.45, 7) is 4.91. The van der Waals surface area contributed by atoms with Gasteiger partial charge in [-0.3, -0.25) is 0 Å². The number of carbonyl (C=O) groups excluding carboxylic acids is 1. The molecule has 8 nitrogen and oxygen atoms in total. The first-order valence-corrected chi connectivity index (χ1v) is 7.91. The number of anilines is 2. The van der Waals surface area contributed by atoms with E-state index in [0.717, 1.165) is 4.68 Å². The van der Waals surface area contributed by atoms with Crippen LogP contribution < -0.4 is 11.0 Å². The maximum atomic E-state index is 13.7. The van der Waals surface area contributed by atoms with Crippen molar-refractivity contribution >= 4 is 23.3 Å². The molecule has 3 rings (SSSR count). The Kier molecular flexibility index (Phi) is 4.45. The third-order valence-corrected chi connectivity index (χ3v) is 4.06. The van der Waals surface area contributed by atoms with Crippen LogP contribution in [0.25, 0.3) is 5.78 Å². The van der Waals surface area contributed by atoms with E-state index in [0.29, 0.717) is 22.8 Å². The molecule has 0 aliphatic carbocycles. The third kappa shape index (κ3) is 3.03. The Hall–Kier alpha value is -3.23. The molecule has 3 aromatic rings. The van der Waals surface area contributed by atoms with Gasteiger partial charge in [-0.2, -0.15) is 9.67 Å². The fraction of sp³-hybridized carbons (Fsp3) is 0.294. The number of nitrogens with one attached hydrogen (secondary N) is 1. The van der Waals surface area contributed by atoms with Crippen LogP contribution in [0.15, 0.2) is 29.1 Å². The fourth-order valence-corrected chi connectivity index (χ4v) is 2.56. The van der Waals surface area contributed by atoms with Crippen LogP contribution in [-0.2, 0) is 9.53 Å². The average molecular weight is 359 g/mol. The second kappa shape index (κ2) is 6.58. The number of fused-ring (bicyclic) bond motifs is 1. The number of rotatable bonds is 4. The zero-order valence-corrected chi connectivity index (χ0v) is 14.8. The van der Waals surface area contributed by atoms with Crippen LogP contribution in [0.5, 0.6) is 0 Å². The molecule has 1 atom stereocenters. The summed E-state index contributed by atoms with van der Waals surface area (Å²) >= 11 is 0. The highest BCUT2D eigenvalue weighted by Crippen LogP contribution is 2.19. The van der Waals surface area contributed by atoms with Crippen LogP contribution in [-0.4, -0.2) is 32.2 Å². The summed E-state index contributed by atoms with van der Waals surface area (Å²) in [7, 11) is 1.24. The van der Waals surface area contributed by atoms with Crippen molar-refractivity contribution in [1.82, 2.24) is 19.2 Å². The van der Waals surface area contributed by atoms with Gasteiger partial charge in [-0.25, -0.2) is 18.4 Å². The van der Waals surface area contributed by atoms with Crippen LogP contribution in [0, 0.1) is 19.7 Å². The number of hydrogen-bond acceptors (Lipinski definition) is 6. The highest BCUT2D eigenvalue weighted by Gasteiger charge is 2.22. The molecule has 0 aliphatic heterocycles. The maximum absolute atomic E-state index is 13.7. The number of ether oxygens (including phenoxy) is 1. The Bertz CT molecular complexity index is 1060. The molecular weight excluding hydrogens is 341 g/mol. The molecule has 2 aromatic heterocycles. The lowest BCUT2D eigenvalue weighted by Crippen LogP contribution is -2.29. The van der Waals surface area contributed by atoms with E-state index >= 15 is 0 Å². The minimum Gasteiger partial charge on any atom is -0.467 e. The molecule has 26 heavy (non-hydrogen) atoms. The normalized spacial score (nSPS) is 12.2. The number of aromatic nitrogens is 4. The molecule has 0 amide bonds. The van der Waals surface area contributed by atoms with Crippen LogP contribution in [0.4, 0.5) is 15.9 Å². The van der Waals surface area contributed by atoms with Crippen molar-refractivity contribution in [2.24, 2.45) is 0 Å². The van der Waals surface area contributed by atoms with Gasteiger partial charge in [0, 0.05) is 17.4 Å². The first-order valence-electron chi connectivity index (χ1n) is 7.91. The van der Waals surface area contributed by atoms with Gasteiger partial charge >= 0.3 is 11.7 Å². The minimum absolute atomic E-state index is 0.126. The van der Waals surface area contributed by atoms with Gasteiger partial charge in [-0.15, -0.1) is 5.10 Å². The molecule has 0 spiro atoms. The Labute approximate surface area is 148 Å². The zero-order valence-electron chi connectivity index (χ0n) is 14.8. The highest BCUT2D eigenvalue weighted by molar-refractivity contribution is 5.73. The van der Waals surface area contributed by atoms with Gasteiger partial charge in [-0.1, -0.05) is 6.07 Å². The summed E-state index contributed by atoms with van der Waals surface area (Å²) < 4.78 is 20.7. The van der Waals surface area contributed by atoms with Crippen molar-refractivity contribution in [3.05, 3.63) is 51.8 Å². The molecular formula is C17H18FN5O3. The Balaban J connectivity index is 2.03. The summed E-state index contributed by atoms with van der Waals surface area (Å²) in [4.78, 5) is 28.5. The van der Waals surface area contributed by atoms with Gasteiger partial charge in [0.15, 0.2) is 6.04 Å². The van der Waals surface area contributed by atoms with Crippen LogP contribution >= 0.6 is 0 Å². The van der Waals surface area contributed by atoms with Crippen molar-refractivity contribution in [1.29, 1.82) is 0 Å². The minimum atomic E-state index is -0.879. The molecule has 0 saturated heterocycles. The molecule has 136 valence electrons. The number of nitrogens with zero attached hydrogens (tertiary/aromatic N) is 4. The number of carbonyl (C=O) groups is 1. The van der Waals surface area contributed by atoms with E-state index < -0.39 is 17.7 Å². The lowest BCUT2D eigenvalue weighted by Gasteiger charge is -2.08. The molecule has 1 N–H and O–H groups in total. The van der Waals surface area contributed by atoms with E-state index in [1.54, 1.807) is 32.0 Å². The summed E-state index contributed by atoms with van der Waals surface area (Å²) in [6, 6.07) is 5.50. The Morgan fingerprint density at radius 1 is 1.31 bits per heavy atom. The van der Waals surface area contributed by atoms with Crippen molar-refractivity contribution < 1.29 is 13.9 Å². The molecule has 0 fully saturated rings. The van der Waals surface area contributed by atoms with Gasteiger partial charge in [0.25, 0.3) is 5.78 Å². The van der Waals surface area contributed by atoms with E-state index in [4.69, 9.17) is 0 Å². The number of esters is 1. The predicted molar refractivity (Wildman–Crippen MR) is 93.1 cm³/mol. The quantitative estimate of drug-likeness (QED) is 0.718. The monoisotopic (exact) mass is 359 g/mol. The fourth-order valence-electron chi connectivity index (χ4n) is 2.56.